The molecule has 3 rings (SSSR count). The summed E-state index contributed by atoms with van der Waals surface area (Å²) < 4.78 is 5.70. The van der Waals surface area contributed by atoms with E-state index in [0.29, 0.717) is 5.92 Å². The first kappa shape index (κ1) is 11.9. The first-order valence-electron chi connectivity index (χ1n) is 6.78. The summed E-state index contributed by atoms with van der Waals surface area (Å²) in [6.07, 6.45) is 3.37. The highest BCUT2D eigenvalue weighted by Crippen LogP contribution is 2.32. The number of aromatic amines is 1. The normalized spacial score (nSPS) is 33.0. The molecule has 18 heavy (non-hydrogen) atoms. The number of nitrogens with two attached hydrogens (primary N) is 1. The van der Waals surface area contributed by atoms with Crippen molar-refractivity contribution in [2.75, 3.05) is 24.6 Å². The molecule has 0 spiro atoms. The van der Waals surface area contributed by atoms with Crippen LogP contribution in [0.2, 0.25) is 0 Å². The molecule has 0 amide bonds. The average Bonchev–Trinajstić information content (AvgIpc) is 2.97. The number of hydrogen-bond acceptors (Lipinski definition) is 5. The van der Waals surface area contributed by atoms with Gasteiger partial charge in [0, 0.05) is 25.7 Å². The number of aromatic nitrogens is 3. The van der Waals surface area contributed by atoms with Gasteiger partial charge in [0.05, 0.1) is 0 Å². The van der Waals surface area contributed by atoms with Crippen LogP contribution in [0.15, 0.2) is 0 Å². The molecule has 6 heteroatoms. The van der Waals surface area contributed by atoms with Gasteiger partial charge in [0.2, 0.25) is 5.95 Å². The summed E-state index contributed by atoms with van der Waals surface area (Å²) >= 11 is 0. The third-order valence-electron chi connectivity index (χ3n) is 3.89. The Morgan fingerprint density at radius 2 is 2.33 bits per heavy atom. The number of hydrogen-bond donors (Lipinski definition) is 2. The zero-order valence-electron chi connectivity index (χ0n) is 10.8. The molecule has 2 fully saturated rings. The van der Waals surface area contributed by atoms with E-state index in [4.69, 9.17) is 10.5 Å². The SMILES string of the molecule is CC1CCOC1c1nc(N2CCCC(N)C2)n[nH]1. The third kappa shape index (κ3) is 2.22. The Morgan fingerprint density at radius 3 is 3.06 bits per heavy atom. The summed E-state index contributed by atoms with van der Waals surface area (Å²) in [6.45, 7) is 4.84. The molecular weight excluding hydrogens is 230 g/mol. The maximum atomic E-state index is 5.98. The predicted molar refractivity (Wildman–Crippen MR) is 68.3 cm³/mol. The monoisotopic (exact) mass is 251 g/mol. The van der Waals surface area contributed by atoms with Crippen molar-refractivity contribution in [2.24, 2.45) is 11.7 Å². The fraction of sp³-hybridized carbons (Fsp3) is 0.833. The number of piperidine rings is 1. The topological polar surface area (TPSA) is 80.1 Å². The smallest absolute Gasteiger partial charge is 0.244 e. The minimum Gasteiger partial charge on any atom is -0.370 e. The number of nitrogens with zero attached hydrogens (tertiary/aromatic N) is 3. The van der Waals surface area contributed by atoms with Crippen LogP contribution in [0.1, 0.15) is 38.1 Å². The van der Waals surface area contributed by atoms with Crippen LogP contribution in [0, 0.1) is 5.92 Å². The lowest BCUT2D eigenvalue weighted by Crippen LogP contribution is -2.43. The molecular formula is C12H21N5O. The standard InChI is InChI=1S/C12H21N5O/c1-8-4-6-18-10(8)11-14-12(16-15-11)17-5-2-3-9(13)7-17/h8-10H,2-7,13H2,1H3,(H,14,15,16). The van der Waals surface area contributed by atoms with Gasteiger partial charge in [-0.1, -0.05) is 6.92 Å². The molecule has 0 aliphatic carbocycles. The van der Waals surface area contributed by atoms with Crippen LogP contribution in [0.25, 0.3) is 0 Å². The van der Waals surface area contributed by atoms with E-state index in [9.17, 15) is 0 Å². The summed E-state index contributed by atoms with van der Waals surface area (Å²) in [6, 6.07) is 0.238. The van der Waals surface area contributed by atoms with E-state index >= 15 is 0 Å². The van der Waals surface area contributed by atoms with Gasteiger partial charge in [-0.05, 0) is 25.2 Å². The first-order valence-corrected chi connectivity index (χ1v) is 6.78. The molecule has 0 radical (unpaired) electrons. The number of anilines is 1. The number of rotatable bonds is 2. The van der Waals surface area contributed by atoms with Crippen molar-refractivity contribution in [3.05, 3.63) is 5.82 Å². The predicted octanol–water partition coefficient (Wildman–Crippen LogP) is 0.830. The van der Waals surface area contributed by atoms with E-state index in [0.717, 1.165) is 50.7 Å². The molecule has 1 aromatic heterocycles. The minimum atomic E-state index is 0.0738. The van der Waals surface area contributed by atoms with Crippen LogP contribution in [0.5, 0.6) is 0 Å². The summed E-state index contributed by atoms with van der Waals surface area (Å²) in [5.74, 6) is 2.13. The molecule has 3 N–H and O–H groups in total. The molecule has 3 atom stereocenters. The third-order valence-corrected chi connectivity index (χ3v) is 3.89. The van der Waals surface area contributed by atoms with Gasteiger partial charge < -0.3 is 15.4 Å². The van der Waals surface area contributed by atoms with Gasteiger partial charge in [0.25, 0.3) is 0 Å². The van der Waals surface area contributed by atoms with Crippen molar-refractivity contribution < 1.29 is 4.74 Å². The van der Waals surface area contributed by atoms with Gasteiger partial charge in [-0.25, -0.2) is 0 Å². The quantitative estimate of drug-likeness (QED) is 0.813. The summed E-state index contributed by atoms with van der Waals surface area (Å²) in [7, 11) is 0. The van der Waals surface area contributed by atoms with Crippen LogP contribution in [-0.2, 0) is 4.74 Å². The summed E-state index contributed by atoms with van der Waals surface area (Å²) in [5, 5.41) is 7.33. The van der Waals surface area contributed by atoms with Crippen LogP contribution in [0.3, 0.4) is 0 Å². The molecule has 2 saturated heterocycles. The number of ether oxygens (including phenoxy) is 1. The van der Waals surface area contributed by atoms with Gasteiger partial charge in [-0.15, -0.1) is 5.10 Å². The Bertz CT molecular complexity index is 407. The Morgan fingerprint density at radius 1 is 1.44 bits per heavy atom. The Balaban J connectivity index is 1.72. The molecule has 3 heterocycles. The highest BCUT2D eigenvalue weighted by atomic mass is 16.5. The second kappa shape index (κ2) is 4.85. The molecule has 3 unspecified atom stereocenters. The van der Waals surface area contributed by atoms with Gasteiger partial charge in [0.15, 0.2) is 5.82 Å². The van der Waals surface area contributed by atoms with E-state index in [1.54, 1.807) is 0 Å². The molecule has 6 nitrogen and oxygen atoms in total. The van der Waals surface area contributed by atoms with E-state index in [1.807, 2.05) is 0 Å². The van der Waals surface area contributed by atoms with E-state index < -0.39 is 0 Å². The van der Waals surface area contributed by atoms with Crippen molar-refractivity contribution in [1.82, 2.24) is 15.2 Å². The van der Waals surface area contributed by atoms with Crippen molar-refractivity contribution in [3.8, 4) is 0 Å². The van der Waals surface area contributed by atoms with Crippen molar-refractivity contribution >= 4 is 5.95 Å². The lowest BCUT2D eigenvalue weighted by molar-refractivity contribution is 0.0876. The fourth-order valence-electron chi connectivity index (χ4n) is 2.77. The van der Waals surface area contributed by atoms with Gasteiger partial charge in [-0.3, -0.25) is 5.10 Å². The number of nitrogens with one attached hydrogen (secondary N) is 1. The largest absolute Gasteiger partial charge is 0.370 e. The number of H-pyrrole nitrogens is 1. The second-order valence-corrected chi connectivity index (χ2v) is 5.43. The highest BCUT2D eigenvalue weighted by molar-refractivity contribution is 5.30. The van der Waals surface area contributed by atoms with E-state index in [2.05, 4.69) is 27.0 Å². The fourth-order valence-corrected chi connectivity index (χ4v) is 2.77. The van der Waals surface area contributed by atoms with Crippen molar-refractivity contribution in [2.45, 2.75) is 38.3 Å². The lowest BCUT2D eigenvalue weighted by Gasteiger charge is -2.29. The molecule has 0 saturated carbocycles. The Kier molecular flexibility index (Phi) is 3.22. The van der Waals surface area contributed by atoms with Crippen LogP contribution in [0.4, 0.5) is 5.95 Å². The molecule has 0 aromatic carbocycles. The first-order chi connectivity index (χ1) is 8.74. The van der Waals surface area contributed by atoms with Gasteiger partial charge in [-0.2, -0.15) is 4.98 Å². The lowest BCUT2D eigenvalue weighted by atomic mass is 10.0. The highest BCUT2D eigenvalue weighted by Gasteiger charge is 2.30. The van der Waals surface area contributed by atoms with E-state index in [1.165, 1.54) is 0 Å². The molecule has 100 valence electrons. The molecule has 0 bridgehead atoms. The Labute approximate surface area is 107 Å². The van der Waals surface area contributed by atoms with Crippen LogP contribution in [-0.4, -0.2) is 40.9 Å². The molecule has 1 aromatic rings. The van der Waals surface area contributed by atoms with Crippen molar-refractivity contribution in [3.63, 3.8) is 0 Å². The molecule has 2 aliphatic heterocycles. The molecule has 2 aliphatic rings. The maximum Gasteiger partial charge on any atom is 0.244 e. The van der Waals surface area contributed by atoms with Crippen molar-refractivity contribution in [1.29, 1.82) is 0 Å². The zero-order chi connectivity index (χ0) is 12.5. The summed E-state index contributed by atoms with van der Waals surface area (Å²) in [4.78, 5) is 6.74. The van der Waals surface area contributed by atoms with Gasteiger partial charge >= 0.3 is 0 Å². The average molecular weight is 251 g/mol. The zero-order valence-corrected chi connectivity index (χ0v) is 10.8. The summed E-state index contributed by atoms with van der Waals surface area (Å²) in [5.41, 5.74) is 5.98. The van der Waals surface area contributed by atoms with Crippen LogP contribution < -0.4 is 10.6 Å². The minimum absolute atomic E-state index is 0.0738. The van der Waals surface area contributed by atoms with Gasteiger partial charge in [0.1, 0.15) is 6.10 Å². The Hall–Kier alpha value is -1.14. The maximum absolute atomic E-state index is 5.98. The van der Waals surface area contributed by atoms with Crippen LogP contribution >= 0.6 is 0 Å². The second-order valence-electron chi connectivity index (χ2n) is 5.43. The van der Waals surface area contributed by atoms with E-state index in [-0.39, 0.29) is 12.1 Å².